The molecule has 13 heavy (non-hydrogen) atoms. The van der Waals surface area contributed by atoms with Crippen LogP contribution in [0.15, 0.2) is 12.2 Å². The molecule has 2 N–H and O–H groups in total. The lowest BCUT2D eigenvalue weighted by molar-refractivity contribution is -0.139. The fourth-order valence-electron chi connectivity index (χ4n) is 1.10. The summed E-state index contributed by atoms with van der Waals surface area (Å²) in [6.07, 6.45) is 1.52. The van der Waals surface area contributed by atoms with Crippen LogP contribution in [-0.4, -0.2) is 29.1 Å². The molecule has 0 spiro atoms. The maximum absolute atomic E-state index is 12.6. The van der Waals surface area contributed by atoms with Gasteiger partial charge in [0, 0.05) is 6.42 Å². The molecular weight excluding hydrogens is 180 g/mol. The van der Waals surface area contributed by atoms with Crippen molar-refractivity contribution in [3.8, 4) is 0 Å². The number of halogens is 2. The lowest BCUT2D eigenvalue weighted by atomic mass is 10.1. The number of carbonyl (C=O) groups excluding carboxylic acids is 1. The largest absolute Gasteiger partial charge is 0.389 e. The summed E-state index contributed by atoms with van der Waals surface area (Å²) >= 11 is 0. The van der Waals surface area contributed by atoms with E-state index < -0.39 is 30.4 Å². The van der Waals surface area contributed by atoms with Crippen molar-refractivity contribution in [1.29, 1.82) is 0 Å². The molecule has 0 radical (unpaired) electrons. The van der Waals surface area contributed by atoms with Gasteiger partial charge in [0.05, 0.1) is 12.1 Å². The molecule has 74 valence electrons. The Labute approximate surface area is 74.4 Å². The molecule has 0 aliphatic carbocycles. The summed E-state index contributed by atoms with van der Waals surface area (Å²) in [5.74, 6) is -4.51. The quantitative estimate of drug-likeness (QED) is 0.622. The maximum atomic E-state index is 12.6. The third kappa shape index (κ3) is 2.48. The van der Waals surface area contributed by atoms with E-state index in [0.717, 1.165) is 0 Å². The lowest BCUT2D eigenvalue weighted by Gasteiger charge is -2.02. The number of hydrogen-bond donors (Lipinski definition) is 2. The van der Waals surface area contributed by atoms with E-state index in [1.54, 1.807) is 0 Å². The van der Waals surface area contributed by atoms with Gasteiger partial charge >= 0.3 is 5.92 Å². The number of aliphatic hydroxyl groups is 1. The summed E-state index contributed by atoms with van der Waals surface area (Å²) in [6, 6.07) is -0.669. The standard InChI is InChI=1S/C8H11F2NO2/c1-5(12)2-3-6-4-8(9,10)7(13)11-6/h2-3,5-6,12H,4H2,1H3,(H,11,13)/b3-2+. The van der Waals surface area contributed by atoms with Gasteiger partial charge in [0.1, 0.15) is 0 Å². The van der Waals surface area contributed by atoms with Crippen molar-refractivity contribution < 1.29 is 18.7 Å². The fourth-order valence-corrected chi connectivity index (χ4v) is 1.10. The predicted molar refractivity (Wildman–Crippen MR) is 42.3 cm³/mol. The first-order valence-electron chi connectivity index (χ1n) is 3.97. The van der Waals surface area contributed by atoms with Crippen molar-refractivity contribution in [3.05, 3.63) is 12.2 Å². The second-order valence-electron chi connectivity index (χ2n) is 3.11. The van der Waals surface area contributed by atoms with E-state index in [1.165, 1.54) is 19.1 Å². The fraction of sp³-hybridized carbons (Fsp3) is 0.625. The van der Waals surface area contributed by atoms with Gasteiger partial charge in [-0.25, -0.2) is 0 Å². The molecule has 0 aromatic carbocycles. The second-order valence-corrected chi connectivity index (χ2v) is 3.11. The molecule has 0 aromatic heterocycles. The highest BCUT2D eigenvalue weighted by Gasteiger charge is 2.47. The van der Waals surface area contributed by atoms with Crippen LogP contribution in [0.3, 0.4) is 0 Å². The van der Waals surface area contributed by atoms with E-state index in [0.29, 0.717) is 0 Å². The van der Waals surface area contributed by atoms with E-state index in [4.69, 9.17) is 5.11 Å². The highest BCUT2D eigenvalue weighted by atomic mass is 19.3. The number of hydrogen-bond acceptors (Lipinski definition) is 2. The van der Waals surface area contributed by atoms with Crippen molar-refractivity contribution in [2.24, 2.45) is 0 Å². The van der Waals surface area contributed by atoms with Crippen LogP contribution in [0.25, 0.3) is 0 Å². The van der Waals surface area contributed by atoms with Crippen molar-refractivity contribution >= 4 is 5.91 Å². The van der Waals surface area contributed by atoms with Crippen LogP contribution in [0.1, 0.15) is 13.3 Å². The Morgan fingerprint density at radius 3 is 2.77 bits per heavy atom. The van der Waals surface area contributed by atoms with Gasteiger partial charge in [-0.15, -0.1) is 0 Å². The van der Waals surface area contributed by atoms with Crippen LogP contribution in [0.4, 0.5) is 8.78 Å². The zero-order valence-corrected chi connectivity index (χ0v) is 7.13. The van der Waals surface area contributed by atoms with E-state index in [1.807, 2.05) is 0 Å². The van der Waals surface area contributed by atoms with Crippen LogP contribution >= 0.6 is 0 Å². The number of rotatable bonds is 2. The van der Waals surface area contributed by atoms with Gasteiger partial charge < -0.3 is 10.4 Å². The minimum Gasteiger partial charge on any atom is -0.389 e. The topological polar surface area (TPSA) is 49.3 Å². The first-order chi connectivity index (χ1) is 5.92. The maximum Gasteiger partial charge on any atom is 0.326 e. The third-order valence-electron chi connectivity index (χ3n) is 1.75. The molecule has 3 nitrogen and oxygen atoms in total. The van der Waals surface area contributed by atoms with Gasteiger partial charge in [0.2, 0.25) is 0 Å². The lowest BCUT2D eigenvalue weighted by Crippen LogP contribution is -2.29. The average Bonchev–Trinajstić information content (AvgIpc) is 2.22. The van der Waals surface area contributed by atoms with E-state index >= 15 is 0 Å². The smallest absolute Gasteiger partial charge is 0.326 e. The molecule has 1 fully saturated rings. The minimum absolute atomic E-state index is 0.533. The van der Waals surface area contributed by atoms with Gasteiger partial charge in [0.15, 0.2) is 0 Å². The molecule has 0 saturated carbocycles. The second kappa shape index (κ2) is 3.41. The van der Waals surface area contributed by atoms with Gasteiger partial charge in [-0.1, -0.05) is 12.2 Å². The van der Waals surface area contributed by atoms with Crippen molar-refractivity contribution in [1.82, 2.24) is 5.32 Å². The van der Waals surface area contributed by atoms with E-state index in [-0.39, 0.29) is 0 Å². The number of amides is 1. The minimum atomic E-state index is -3.27. The van der Waals surface area contributed by atoms with Crippen LogP contribution in [0.2, 0.25) is 0 Å². The van der Waals surface area contributed by atoms with Crippen molar-refractivity contribution in [2.45, 2.75) is 31.4 Å². The Morgan fingerprint density at radius 1 is 1.77 bits per heavy atom. The Bertz CT molecular complexity index is 238. The van der Waals surface area contributed by atoms with E-state index in [9.17, 15) is 13.6 Å². The van der Waals surface area contributed by atoms with Gasteiger partial charge in [-0.3, -0.25) is 4.79 Å². The molecule has 1 aliphatic heterocycles. The Balaban J connectivity index is 2.55. The van der Waals surface area contributed by atoms with Crippen LogP contribution in [0, 0.1) is 0 Å². The highest BCUT2D eigenvalue weighted by molar-refractivity contribution is 5.86. The first kappa shape index (κ1) is 10.1. The molecule has 2 unspecified atom stereocenters. The normalized spacial score (nSPS) is 29.2. The van der Waals surface area contributed by atoms with Crippen LogP contribution in [-0.2, 0) is 4.79 Å². The van der Waals surface area contributed by atoms with Gasteiger partial charge in [-0.2, -0.15) is 8.78 Å². The molecule has 1 aliphatic rings. The number of alkyl halides is 2. The predicted octanol–water partition coefficient (Wildman–Crippen LogP) is 0.447. The highest BCUT2D eigenvalue weighted by Crippen LogP contribution is 2.26. The molecular formula is C8H11F2NO2. The first-order valence-corrected chi connectivity index (χ1v) is 3.97. The molecule has 0 aromatic rings. The monoisotopic (exact) mass is 191 g/mol. The van der Waals surface area contributed by atoms with Gasteiger partial charge in [0.25, 0.3) is 5.91 Å². The molecule has 5 heteroatoms. The van der Waals surface area contributed by atoms with E-state index in [2.05, 4.69) is 5.32 Å². The Kier molecular flexibility index (Phi) is 2.66. The molecule has 1 heterocycles. The molecule has 1 rings (SSSR count). The summed E-state index contributed by atoms with van der Waals surface area (Å²) in [6.45, 7) is 1.51. The van der Waals surface area contributed by atoms with Gasteiger partial charge in [-0.05, 0) is 6.92 Å². The summed E-state index contributed by atoms with van der Waals surface area (Å²) in [4.78, 5) is 10.6. The summed E-state index contributed by atoms with van der Waals surface area (Å²) in [7, 11) is 0. The third-order valence-corrected chi connectivity index (χ3v) is 1.75. The Morgan fingerprint density at radius 2 is 2.38 bits per heavy atom. The zero-order chi connectivity index (χ0) is 10.1. The van der Waals surface area contributed by atoms with Crippen molar-refractivity contribution in [3.63, 3.8) is 0 Å². The van der Waals surface area contributed by atoms with Crippen LogP contribution < -0.4 is 5.32 Å². The van der Waals surface area contributed by atoms with Crippen molar-refractivity contribution in [2.75, 3.05) is 0 Å². The molecule has 2 atom stereocenters. The SMILES string of the molecule is CC(O)/C=C/C1CC(F)(F)C(=O)N1. The number of nitrogens with one attached hydrogen (secondary N) is 1. The summed E-state index contributed by atoms with van der Waals surface area (Å²) < 4.78 is 25.2. The molecule has 1 saturated heterocycles. The number of aliphatic hydroxyl groups excluding tert-OH is 1. The molecule has 1 amide bonds. The van der Waals surface area contributed by atoms with Crippen LogP contribution in [0.5, 0.6) is 0 Å². The zero-order valence-electron chi connectivity index (χ0n) is 7.13. The molecule has 0 bridgehead atoms. The average molecular weight is 191 g/mol. The Hall–Kier alpha value is -0.970. The summed E-state index contributed by atoms with van der Waals surface area (Å²) in [5, 5.41) is 10.9. The summed E-state index contributed by atoms with van der Waals surface area (Å²) in [5.41, 5.74) is 0. The number of carbonyl (C=O) groups is 1.